The van der Waals surface area contributed by atoms with Crippen molar-refractivity contribution in [3.63, 3.8) is 0 Å². The maximum Gasteiger partial charge on any atom is 0.0739 e. The molecule has 3 N–H and O–H groups in total. The van der Waals surface area contributed by atoms with Gasteiger partial charge in [0.25, 0.3) is 0 Å². The van der Waals surface area contributed by atoms with E-state index in [9.17, 15) is 0 Å². The molecule has 17 heavy (non-hydrogen) atoms. The summed E-state index contributed by atoms with van der Waals surface area (Å²) in [5, 5.41) is 4.14. The van der Waals surface area contributed by atoms with E-state index in [1.165, 1.54) is 32.1 Å². The molecule has 0 spiro atoms. The summed E-state index contributed by atoms with van der Waals surface area (Å²) in [6.45, 7) is 2.25. The van der Waals surface area contributed by atoms with Gasteiger partial charge in [-0.3, -0.25) is 0 Å². The van der Waals surface area contributed by atoms with Crippen LogP contribution in [-0.2, 0) is 0 Å². The van der Waals surface area contributed by atoms with Crippen LogP contribution in [0, 0.1) is 5.92 Å². The highest BCUT2D eigenvalue weighted by molar-refractivity contribution is 6.33. The monoisotopic (exact) mass is 252 g/mol. The average molecular weight is 253 g/mol. The number of rotatable bonds is 3. The minimum atomic E-state index is 0.469. The Labute approximate surface area is 109 Å². The second-order valence-electron chi connectivity index (χ2n) is 5.03. The Bertz CT molecular complexity index is 372. The predicted molar refractivity (Wildman–Crippen MR) is 75.5 cm³/mol. The maximum atomic E-state index is 6.02. The number of halogens is 1. The first-order valence-electron chi connectivity index (χ1n) is 6.49. The van der Waals surface area contributed by atoms with Gasteiger partial charge in [0.15, 0.2) is 0 Å². The Hall–Kier alpha value is -0.890. The largest absolute Gasteiger partial charge is 0.396 e. The van der Waals surface area contributed by atoms with Crippen LogP contribution in [-0.4, -0.2) is 6.04 Å². The fraction of sp³-hybridized carbons (Fsp3) is 0.571. The Kier molecular flexibility index (Phi) is 4.16. The minimum absolute atomic E-state index is 0.469. The maximum absolute atomic E-state index is 6.02. The Morgan fingerprint density at radius 2 is 2.00 bits per heavy atom. The summed E-state index contributed by atoms with van der Waals surface area (Å²) in [6.07, 6.45) is 6.77. The van der Waals surface area contributed by atoms with Gasteiger partial charge < -0.3 is 11.1 Å². The molecular formula is C14H21ClN2. The van der Waals surface area contributed by atoms with Crippen LogP contribution in [0.15, 0.2) is 18.2 Å². The van der Waals surface area contributed by atoms with Crippen molar-refractivity contribution in [1.82, 2.24) is 0 Å². The van der Waals surface area contributed by atoms with Crippen LogP contribution in [0.25, 0.3) is 0 Å². The number of nitrogens with one attached hydrogen (secondary N) is 1. The highest BCUT2D eigenvalue weighted by Gasteiger charge is 2.20. The third kappa shape index (κ3) is 3.06. The first kappa shape index (κ1) is 12.6. The van der Waals surface area contributed by atoms with Crippen molar-refractivity contribution in [3.8, 4) is 0 Å². The van der Waals surface area contributed by atoms with E-state index in [1.807, 2.05) is 18.2 Å². The summed E-state index contributed by atoms with van der Waals surface area (Å²) in [4.78, 5) is 0. The SMILES string of the molecule is CC(Nc1cccc(Cl)c1N)C1CCCCC1. The Balaban J connectivity index is 2.01. The molecule has 1 aliphatic carbocycles. The highest BCUT2D eigenvalue weighted by Crippen LogP contribution is 2.31. The van der Waals surface area contributed by atoms with E-state index in [-0.39, 0.29) is 0 Å². The number of nitrogen functional groups attached to an aromatic ring is 1. The molecule has 0 bridgehead atoms. The van der Waals surface area contributed by atoms with Crippen molar-refractivity contribution in [3.05, 3.63) is 23.2 Å². The molecule has 0 radical (unpaired) electrons. The first-order chi connectivity index (χ1) is 8.18. The van der Waals surface area contributed by atoms with Crippen molar-refractivity contribution < 1.29 is 0 Å². The van der Waals surface area contributed by atoms with E-state index in [1.54, 1.807) is 0 Å². The lowest BCUT2D eigenvalue weighted by atomic mass is 9.84. The van der Waals surface area contributed by atoms with Crippen LogP contribution in [0.1, 0.15) is 39.0 Å². The van der Waals surface area contributed by atoms with Gasteiger partial charge in [0, 0.05) is 6.04 Å². The molecule has 0 heterocycles. The van der Waals surface area contributed by atoms with Crippen LogP contribution in [0.2, 0.25) is 5.02 Å². The highest BCUT2D eigenvalue weighted by atomic mass is 35.5. The van der Waals surface area contributed by atoms with Gasteiger partial charge in [-0.1, -0.05) is 36.9 Å². The molecule has 2 nitrogen and oxygen atoms in total. The van der Waals surface area contributed by atoms with Crippen molar-refractivity contribution >= 4 is 23.0 Å². The first-order valence-corrected chi connectivity index (χ1v) is 6.87. The van der Waals surface area contributed by atoms with Crippen LogP contribution in [0.5, 0.6) is 0 Å². The zero-order chi connectivity index (χ0) is 12.3. The predicted octanol–water partition coefficient (Wildman–Crippen LogP) is 4.30. The van der Waals surface area contributed by atoms with Crippen LogP contribution in [0.3, 0.4) is 0 Å². The van der Waals surface area contributed by atoms with Crippen molar-refractivity contribution in [1.29, 1.82) is 0 Å². The molecule has 1 saturated carbocycles. The minimum Gasteiger partial charge on any atom is -0.396 e. The molecule has 94 valence electrons. The molecule has 0 saturated heterocycles. The topological polar surface area (TPSA) is 38.0 Å². The third-order valence-electron chi connectivity index (χ3n) is 3.79. The van der Waals surface area contributed by atoms with E-state index in [2.05, 4.69) is 12.2 Å². The number of nitrogens with two attached hydrogens (primary N) is 1. The summed E-state index contributed by atoms with van der Waals surface area (Å²) in [6, 6.07) is 6.23. The fourth-order valence-corrected chi connectivity index (χ4v) is 2.83. The summed E-state index contributed by atoms with van der Waals surface area (Å²) >= 11 is 6.02. The Morgan fingerprint density at radius 3 is 2.71 bits per heavy atom. The zero-order valence-electron chi connectivity index (χ0n) is 10.4. The van der Waals surface area contributed by atoms with Gasteiger partial charge in [-0.25, -0.2) is 0 Å². The molecule has 1 atom stereocenters. The van der Waals surface area contributed by atoms with Gasteiger partial charge in [-0.05, 0) is 37.8 Å². The molecule has 1 unspecified atom stereocenters. The molecular weight excluding hydrogens is 232 g/mol. The molecule has 1 fully saturated rings. The van der Waals surface area contributed by atoms with Crippen LogP contribution in [0.4, 0.5) is 11.4 Å². The number of hydrogen-bond donors (Lipinski definition) is 2. The zero-order valence-corrected chi connectivity index (χ0v) is 11.1. The van der Waals surface area contributed by atoms with Gasteiger partial charge in [0.05, 0.1) is 16.4 Å². The van der Waals surface area contributed by atoms with Crippen LogP contribution < -0.4 is 11.1 Å². The van der Waals surface area contributed by atoms with Crippen molar-refractivity contribution in [2.75, 3.05) is 11.1 Å². The van der Waals surface area contributed by atoms with E-state index in [4.69, 9.17) is 17.3 Å². The fourth-order valence-electron chi connectivity index (χ4n) is 2.66. The lowest BCUT2D eigenvalue weighted by Crippen LogP contribution is -2.28. The summed E-state index contributed by atoms with van der Waals surface area (Å²) < 4.78 is 0. The second kappa shape index (κ2) is 5.63. The summed E-state index contributed by atoms with van der Waals surface area (Å²) in [5.41, 5.74) is 7.60. The van der Waals surface area contributed by atoms with E-state index >= 15 is 0 Å². The normalized spacial score (nSPS) is 18.9. The van der Waals surface area contributed by atoms with Crippen LogP contribution >= 0.6 is 11.6 Å². The molecule has 0 amide bonds. The summed E-state index contributed by atoms with van der Waals surface area (Å²) in [7, 11) is 0. The smallest absolute Gasteiger partial charge is 0.0739 e. The van der Waals surface area contributed by atoms with E-state index in [0.717, 1.165) is 11.6 Å². The van der Waals surface area contributed by atoms with Crippen molar-refractivity contribution in [2.45, 2.75) is 45.1 Å². The number of hydrogen-bond acceptors (Lipinski definition) is 2. The number of benzene rings is 1. The van der Waals surface area contributed by atoms with Gasteiger partial charge in [-0.15, -0.1) is 0 Å². The molecule has 3 heteroatoms. The molecule has 2 rings (SSSR count). The lowest BCUT2D eigenvalue weighted by Gasteiger charge is -2.29. The molecule has 0 aliphatic heterocycles. The second-order valence-corrected chi connectivity index (χ2v) is 5.44. The van der Waals surface area contributed by atoms with Crippen molar-refractivity contribution in [2.24, 2.45) is 5.92 Å². The van der Waals surface area contributed by atoms with Gasteiger partial charge in [-0.2, -0.15) is 0 Å². The third-order valence-corrected chi connectivity index (χ3v) is 4.12. The molecule has 1 aromatic rings. The van der Waals surface area contributed by atoms with Gasteiger partial charge >= 0.3 is 0 Å². The Morgan fingerprint density at radius 1 is 1.29 bits per heavy atom. The quantitative estimate of drug-likeness (QED) is 0.787. The number of anilines is 2. The average Bonchev–Trinajstić information content (AvgIpc) is 2.36. The lowest BCUT2D eigenvalue weighted by molar-refractivity contribution is 0.328. The standard InChI is InChI=1S/C14H21ClN2/c1-10(11-6-3-2-4-7-11)17-13-9-5-8-12(15)14(13)16/h5,8-11,17H,2-4,6-7,16H2,1H3. The molecule has 0 aromatic heterocycles. The molecule has 1 aliphatic rings. The molecule has 1 aromatic carbocycles. The van der Waals surface area contributed by atoms with Gasteiger partial charge in [0.2, 0.25) is 0 Å². The number of para-hydroxylation sites is 1. The van der Waals surface area contributed by atoms with Gasteiger partial charge in [0.1, 0.15) is 0 Å². The summed E-state index contributed by atoms with van der Waals surface area (Å²) in [5.74, 6) is 0.766. The van der Waals surface area contributed by atoms with E-state index in [0.29, 0.717) is 16.8 Å². The van der Waals surface area contributed by atoms with E-state index < -0.39 is 0 Å².